The van der Waals surface area contributed by atoms with Gasteiger partial charge in [-0.05, 0) is 19.4 Å². The molecule has 0 fully saturated rings. The van der Waals surface area contributed by atoms with Gasteiger partial charge in [0, 0.05) is 0 Å². The summed E-state index contributed by atoms with van der Waals surface area (Å²) in [4.78, 5) is 0. The molecule has 0 amide bonds. The molecule has 0 aromatic carbocycles. The van der Waals surface area contributed by atoms with Gasteiger partial charge in [0.25, 0.3) is 0 Å². The number of hydrogen-bond donors (Lipinski definition) is 3. The minimum Gasteiger partial charge on any atom is -0.384 e. The van der Waals surface area contributed by atoms with Gasteiger partial charge in [-0.25, -0.2) is 0 Å². The van der Waals surface area contributed by atoms with Crippen LogP contribution < -0.4 is 11.5 Å². The lowest BCUT2D eigenvalue weighted by molar-refractivity contribution is 0.965. The van der Waals surface area contributed by atoms with Gasteiger partial charge in [0.1, 0.15) is 5.84 Å². The number of nitrogens with one attached hydrogen (secondary N) is 1. The highest BCUT2D eigenvalue weighted by atomic mass is 15.1. The van der Waals surface area contributed by atoms with Gasteiger partial charge in [-0.1, -0.05) is 0 Å². The molecule has 0 atom stereocenters. The van der Waals surface area contributed by atoms with Crippen molar-refractivity contribution in [3.05, 3.63) is 16.8 Å². The third kappa shape index (κ3) is 1.20. The zero-order chi connectivity index (χ0) is 9.30. The molecule has 5 heteroatoms. The maximum atomic E-state index is 7.24. The Morgan fingerprint density at radius 3 is 2.33 bits per heavy atom. The number of amidine groups is 1. The second-order valence-corrected chi connectivity index (χ2v) is 2.58. The van der Waals surface area contributed by atoms with E-state index in [1.807, 2.05) is 6.92 Å². The van der Waals surface area contributed by atoms with Crippen molar-refractivity contribution in [2.24, 2.45) is 5.73 Å². The Morgan fingerprint density at radius 1 is 1.33 bits per heavy atom. The van der Waals surface area contributed by atoms with E-state index in [1.165, 1.54) is 0 Å². The van der Waals surface area contributed by atoms with E-state index in [0.717, 1.165) is 11.3 Å². The Bertz CT molecular complexity index is 331. The molecule has 0 bridgehead atoms. The molecule has 1 aromatic heterocycles. The third-order valence-corrected chi connectivity index (χ3v) is 1.75. The second kappa shape index (κ2) is 2.77. The first-order valence-corrected chi connectivity index (χ1v) is 3.47. The lowest BCUT2D eigenvalue weighted by Gasteiger charge is -2.07. The van der Waals surface area contributed by atoms with E-state index in [2.05, 4.69) is 10.2 Å². The normalized spacial score (nSPS) is 9.83. The number of rotatable bonds is 1. The molecule has 0 radical (unpaired) electrons. The first-order chi connectivity index (χ1) is 5.54. The Morgan fingerprint density at radius 2 is 1.92 bits per heavy atom. The number of anilines is 1. The topological polar surface area (TPSA) is 102 Å². The summed E-state index contributed by atoms with van der Waals surface area (Å²) < 4.78 is 0. The molecule has 64 valence electrons. The van der Waals surface area contributed by atoms with Crippen LogP contribution in [-0.4, -0.2) is 16.0 Å². The SMILES string of the molecule is Cc1nnc(N)c(C(=N)N)c1C. The monoisotopic (exact) mass is 165 g/mol. The van der Waals surface area contributed by atoms with Gasteiger partial charge in [0.05, 0.1) is 11.3 Å². The van der Waals surface area contributed by atoms with Crippen molar-refractivity contribution in [2.45, 2.75) is 13.8 Å². The summed E-state index contributed by atoms with van der Waals surface area (Å²) in [6.45, 7) is 3.62. The average molecular weight is 165 g/mol. The highest BCUT2D eigenvalue weighted by Gasteiger charge is 2.10. The van der Waals surface area contributed by atoms with Crippen LogP contribution in [0.5, 0.6) is 0 Å². The summed E-state index contributed by atoms with van der Waals surface area (Å²) in [5.41, 5.74) is 12.9. The second-order valence-electron chi connectivity index (χ2n) is 2.58. The molecule has 5 N–H and O–H groups in total. The Balaban J connectivity index is 3.43. The van der Waals surface area contributed by atoms with Crippen LogP contribution >= 0.6 is 0 Å². The van der Waals surface area contributed by atoms with Gasteiger partial charge in [0.15, 0.2) is 5.82 Å². The standard InChI is InChI=1S/C7H11N5/c1-3-4(2)11-12-7(10)5(3)6(8)9/h1-2H3,(H3,8,9)(H2,10,12). The fraction of sp³-hybridized carbons (Fsp3) is 0.286. The van der Waals surface area contributed by atoms with Gasteiger partial charge in [-0.2, -0.15) is 5.10 Å². The van der Waals surface area contributed by atoms with Gasteiger partial charge >= 0.3 is 0 Å². The third-order valence-electron chi connectivity index (χ3n) is 1.75. The van der Waals surface area contributed by atoms with E-state index >= 15 is 0 Å². The van der Waals surface area contributed by atoms with Crippen molar-refractivity contribution in [3.8, 4) is 0 Å². The van der Waals surface area contributed by atoms with Crippen LogP contribution in [0.25, 0.3) is 0 Å². The molecule has 0 unspecified atom stereocenters. The number of aryl methyl sites for hydroxylation is 1. The van der Waals surface area contributed by atoms with Crippen LogP contribution in [0.1, 0.15) is 16.8 Å². The van der Waals surface area contributed by atoms with Gasteiger partial charge in [-0.15, -0.1) is 5.10 Å². The first-order valence-electron chi connectivity index (χ1n) is 3.47. The van der Waals surface area contributed by atoms with E-state index in [9.17, 15) is 0 Å². The van der Waals surface area contributed by atoms with Gasteiger partial charge < -0.3 is 11.5 Å². The van der Waals surface area contributed by atoms with Crippen LogP contribution in [0.2, 0.25) is 0 Å². The summed E-state index contributed by atoms with van der Waals surface area (Å²) in [7, 11) is 0. The van der Waals surface area contributed by atoms with E-state index in [1.54, 1.807) is 6.92 Å². The molecule has 5 nitrogen and oxygen atoms in total. The molecule has 0 aliphatic heterocycles. The number of nitrogens with zero attached hydrogens (tertiary/aromatic N) is 2. The molecule has 0 saturated heterocycles. The predicted molar refractivity (Wildman–Crippen MR) is 46.9 cm³/mol. The summed E-state index contributed by atoms with van der Waals surface area (Å²) in [5, 5.41) is 14.7. The lowest BCUT2D eigenvalue weighted by Crippen LogP contribution is -2.17. The van der Waals surface area contributed by atoms with Gasteiger partial charge in [0.2, 0.25) is 0 Å². The maximum absolute atomic E-state index is 7.24. The molecule has 1 rings (SSSR count). The fourth-order valence-corrected chi connectivity index (χ4v) is 0.967. The molecule has 1 heterocycles. The Labute approximate surface area is 70.3 Å². The summed E-state index contributed by atoms with van der Waals surface area (Å²) in [5.74, 6) is 0.147. The van der Waals surface area contributed by atoms with Gasteiger partial charge in [-0.3, -0.25) is 5.41 Å². The molecule has 0 aliphatic rings. The Hall–Kier alpha value is -1.65. The number of nitrogen functional groups attached to an aromatic ring is 2. The van der Waals surface area contributed by atoms with E-state index in [-0.39, 0.29) is 11.7 Å². The average Bonchev–Trinajstić information content (AvgIpc) is 1.97. The number of hydrogen-bond acceptors (Lipinski definition) is 4. The summed E-state index contributed by atoms with van der Waals surface area (Å²) >= 11 is 0. The van der Waals surface area contributed by atoms with Crippen molar-refractivity contribution in [1.29, 1.82) is 5.41 Å². The van der Waals surface area contributed by atoms with Crippen LogP contribution in [-0.2, 0) is 0 Å². The zero-order valence-corrected chi connectivity index (χ0v) is 7.05. The van der Waals surface area contributed by atoms with Crippen LogP contribution in [0, 0.1) is 19.3 Å². The van der Waals surface area contributed by atoms with Crippen molar-refractivity contribution in [1.82, 2.24) is 10.2 Å². The van der Waals surface area contributed by atoms with E-state index in [0.29, 0.717) is 5.56 Å². The van der Waals surface area contributed by atoms with Crippen LogP contribution in [0.4, 0.5) is 5.82 Å². The smallest absolute Gasteiger partial charge is 0.157 e. The van der Waals surface area contributed by atoms with Crippen molar-refractivity contribution in [3.63, 3.8) is 0 Å². The maximum Gasteiger partial charge on any atom is 0.157 e. The predicted octanol–water partition coefficient (Wildman–Crippen LogP) is -0.0403. The molecule has 0 spiro atoms. The van der Waals surface area contributed by atoms with Crippen molar-refractivity contribution < 1.29 is 0 Å². The molecule has 0 aliphatic carbocycles. The van der Waals surface area contributed by atoms with Crippen molar-refractivity contribution >= 4 is 11.7 Å². The largest absolute Gasteiger partial charge is 0.384 e. The number of nitrogens with two attached hydrogens (primary N) is 2. The van der Waals surface area contributed by atoms with Crippen LogP contribution in [0.15, 0.2) is 0 Å². The lowest BCUT2D eigenvalue weighted by atomic mass is 10.1. The summed E-state index contributed by atoms with van der Waals surface area (Å²) in [6, 6.07) is 0. The minimum atomic E-state index is -0.0667. The van der Waals surface area contributed by atoms with E-state index < -0.39 is 0 Å². The fourth-order valence-electron chi connectivity index (χ4n) is 0.967. The molecule has 0 saturated carbocycles. The highest BCUT2D eigenvalue weighted by molar-refractivity contribution is 6.00. The molecule has 1 aromatic rings. The zero-order valence-electron chi connectivity index (χ0n) is 7.05. The number of aromatic nitrogens is 2. The first kappa shape index (κ1) is 8.45. The van der Waals surface area contributed by atoms with E-state index in [4.69, 9.17) is 16.9 Å². The Kier molecular flexibility index (Phi) is 1.95. The molecular weight excluding hydrogens is 154 g/mol. The van der Waals surface area contributed by atoms with Crippen LogP contribution in [0.3, 0.4) is 0 Å². The summed E-state index contributed by atoms with van der Waals surface area (Å²) in [6.07, 6.45) is 0. The highest BCUT2D eigenvalue weighted by Crippen LogP contribution is 2.13. The quantitative estimate of drug-likeness (QED) is 0.401. The van der Waals surface area contributed by atoms with Crippen molar-refractivity contribution in [2.75, 3.05) is 5.73 Å². The molecular formula is C7H11N5. The molecule has 12 heavy (non-hydrogen) atoms. The minimum absolute atomic E-state index is 0.0667.